The third-order valence-corrected chi connectivity index (χ3v) is 7.31. The van der Waals surface area contributed by atoms with Crippen molar-refractivity contribution in [3.63, 3.8) is 0 Å². The van der Waals surface area contributed by atoms with E-state index >= 15 is 0 Å². The number of anilines is 2. The molecule has 1 fully saturated rings. The second kappa shape index (κ2) is 10.9. The van der Waals surface area contributed by atoms with Crippen LogP contribution in [0, 0.1) is 5.92 Å². The first kappa shape index (κ1) is 23.4. The minimum absolute atomic E-state index is 0.0741. The number of carbonyl (C=O) groups is 1. The lowest BCUT2D eigenvalue weighted by molar-refractivity contribution is -0.116. The molecule has 6 nitrogen and oxygen atoms in total. The summed E-state index contributed by atoms with van der Waals surface area (Å²) in [4.78, 5) is 12.3. The largest absolute Gasteiger partial charge is 0.495 e. The molecule has 2 aromatic carbocycles. The van der Waals surface area contributed by atoms with Gasteiger partial charge in [0.25, 0.3) is 10.0 Å². The molecule has 0 aliphatic heterocycles. The third kappa shape index (κ3) is 6.61. The first-order valence-electron chi connectivity index (χ1n) is 10.6. The van der Waals surface area contributed by atoms with Crippen molar-refractivity contribution in [3.05, 3.63) is 47.5 Å². The van der Waals surface area contributed by atoms with Gasteiger partial charge in [0.1, 0.15) is 10.6 Å². The Balaban J connectivity index is 1.66. The van der Waals surface area contributed by atoms with Gasteiger partial charge in [-0.15, -0.1) is 0 Å². The van der Waals surface area contributed by atoms with Crippen LogP contribution in [0.15, 0.2) is 47.4 Å². The molecule has 1 aliphatic rings. The van der Waals surface area contributed by atoms with Gasteiger partial charge in [0.15, 0.2) is 0 Å². The number of amides is 1. The van der Waals surface area contributed by atoms with Crippen molar-refractivity contribution in [2.45, 2.75) is 56.3 Å². The van der Waals surface area contributed by atoms with Gasteiger partial charge < -0.3 is 10.1 Å². The number of ether oxygens (including phenoxy) is 1. The number of nitrogens with one attached hydrogen (secondary N) is 2. The average molecular weight is 465 g/mol. The van der Waals surface area contributed by atoms with Crippen LogP contribution in [-0.2, 0) is 14.8 Å². The van der Waals surface area contributed by atoms with E-state index in [4.69, 9.17) is 16.3 Å². The molecule has 1 amide bonds. The van der Waals surface area contributed by atoms with Crippen LogP contribution < -0.4 is 14.8 Å². The van der Waals surface area contributed by atoms with Crippen molar-refractivity contribution >= 4 is 38.9 Å². The van der Waals surface area contributed by atoms with Crippen molar-refractivity contribution < 1.29 is 17.9 Å². The standard InChI is InChI=1S/C23H29ClN2O4S/c1-30-21-15-14-18(25-23(27)13-7-10-17-8-3-2-4-9-17)16-22(21)31(28,29)26-20-12-6-5-11-19(20)24/h5-6,11-12,14-17,26H,2-4,7-10,13H2,1H3,(H,25,27). The zero-order valence-electron chi connectivity index (χ0n) is 17.7. The van der Waals surface area contributed by atoms with E-state index in [1.807, 2.05) is 0 Å². The second-order valence-electron chi connectivity index (χ2n) is 7.90. The summed E-state index contributed by atoms with van der Waals surface area (Å²) < 4.78 is 33.6. The van der Waals surface area contributed by atoms with E-state index in [0.717, 1.165) is 18.8 Å². The Hall–Kier alpha value is -2.25. The molecule has 1 saturated carbocycles. The third-order valence-electron chi connectivity index (χ3n) is 5.60. The van der Waals surface area contributed by atoms with Crippen LogP contribution in [0.2, 0.25) is 5.02 Å². The van der Waals surface area contributed by atoms with Crippen LogP contribution in [0.5, 0.6) is 5.75 Å². The van der Waals surface area contributed by atoms with Gasteiger partial charge in [-0.05, 0) is 49.1 Å². The number of methoxy groups -OCH3 is 1. The summed E-state index contributed by atoms with van der Waals surface area (Å²) in [6.07, 6.45) is 8.76. The van der Waals surface area contributed by atoms with Crippen LogP contribution in [0.3, 0.4) is 0 Å². The first-order valence-corrected chi connectivity index (χ1v) is 12.5. The van der Waals surface area contributed by atoms with Crippen LogP contribution in [0.25, 0.3) is 0 Å². The Morgan fingerprint density at radius 3 is 2.58 bits per heavy atom. The molecule has 0 atom stereocenters. The van der Waals surface area contributed by atoms with Gasteiger partial charge >= 0.3 is 0 Å². The number of rotatable bonds is 9. The fraction of sp³-hybridized carbons (Fsp3) is 0.435. The number of hydrogen-bond acceptors (Lipinski definition) is 4. The molecule has 0 heterocycles. The molecule has 8 heteroatoms. The summed E-state index contributed by atoms with van der Waals surface area (Å²) in [5, 5.41) is 3.09. The zero-order chi connectivity index (χ0) is 22.3. The Bertz CT molecular complexity index is 1000. The highest BCUT2D eigenvalue weighted by molar-refractivity contribution is 7.92. The molecule has 0 unspecified atom stereocenters. The molecule has 0 aromatic heterocycles. The van der Waals surface area contributed by atoms with Crippen LogP contribution in [-0.4, -0.2) is 21.4 Å². The van der Waals surface area contributed by atoms with Crippen LogP contribution >= 0.6 is 11.6 Å². The molecule has 0 spiro atoms. The minimum Gasteiger partial charge on any atom is -0.495 e. The monoisotopic (exact) mass is 464 g/mol. The van der Waals surface area contributed by atoms with Gasteiger partial charge in [0.2, 0.25) is 5.91 Å². The van der Waals surface area contributed by atoms with E-state index in [1.165, 1.54) is 51.3 Å². The number of halogens is 1. The Labute approximate surface area is 189 Å². The molecule has 0 radical (unpaired) electrons. The van der Waals surface area contributed by atoms with E-state index in [0.29, 0.717) is 12.1 Å². The normalized spacial score (nSPS) is 14.8. The number of benzene rings is 2. The number of para-hydroxylation sites is 1. The molecule has 2 aromatic rings. The topological polar surface area (TPSA) is 84.5 Å². The number of carbonyl (C=O) groups excluding carboxylic acids is 1. The summed E-state index contributed by atoms with van der Waals surface area (Å²) in [7, 11) is -2.58. The lowest BCUT2D eigenvalue weighted by atomic mass is 9.86. The molecule has 0 saturated heterocycles. The maximum absolute atomic E-state index is 13.0. The Kier molecular flexibility index (Phi) is 8.21. The lowest BCUT2D eigenvalue weighted by Gasteiger charge is -2.21. The average Bonchev–Trinajstić information content (AvgIpc) is 2.76. The molecule has 3 rings (SSSR count). The van der Waals surface area contributed by atoms with Crippen LogP contribution in [0.1, 0.15) is 51.4 Å². The smallest absolute Gasteiger partial charge is 0.265 e. The quantitative estimate of drug-likeness (QED) is 0.488. The maximum atomic E-state index is 13.0. The fourth-order valence-electron chi connectivity index (χ4n) is 3.96. The summed E-state index contributed by atoms with van der Waals surface area (Å²) in [5.41, 5.74) is 0.673. The molecular formula is C23H29ClN2O4S. The van der Waals surface area contributed by atoms with Gasteiger partial charge in [0.05, 0.1) is 17.8 Å². The first-order chi connectivity index (χ1) is 14.9. The number of sulfonamides is 1. The van der Waals surface area contributed by atoms with Crippen molar-refractivity contribution in [1.29, 1.82) is 0 Å². The van der Waals surface area contributed by atoms with Crippen molar-refractivity contribution in [3.8, 4) is 5.75 Å². The fourth-order valence-corrected chi connectivity index (χ4v) is 5.47. The Morgan fingerprint density at radius 1 is 1.13 bits per heavy atom. The predicted octanol–water partition coefficient (Wildman–Crippen LogP) is 5.84. The summed E-state index contributed by atoms with van der Waals surface area (Å²) >= 11 is 6.08. The SMILES string of the molecule is COc1ccc(NC(=O)CCCC2CCCCC2)cc1S(=O)(=O)Nc1ccccc1Cl. The number of hydrogen-bond donors (Lipinski definition) is 2. The lowest BCUT2D eigenvalue weighted by Crippen LogP contribution is -2.16. The van der Waals surface area contributed by atoms with E-state index in [1.54, 1.807) is 30.3 Å². The molecule has 168 valence electrons. The maximum Gasteiger partial charge on any atom is 0.265 e. The van der Waals surface area contributed by atoms with Gasteiger partial charge in [-0.25, -0.2) is 8.42 Å². The van der Waals surface area contributed by atoms with Crippen molar-refractivity contribution in [1.82, 2.24) is 0 Å². The second-order valence-corrected chi connectivity index (χ2v) is 9.95. The molecule has 0 bridgehead atoms. The zero-order valence-corrected chi connectivity index (χ0v) is 19.3. The summed E-state index contributed by atoms with van der Waals surface area (Å²) in [6, 6.07) is 11.1. The predicted molar refractivity (Wildman–Crippen MR) is 124 cm³/mol. The molecular weight excluding hydrogens is 436 g/mol. The Morgan fingerprint density at radius 2 is 1.87 bits per heavy atom. The highest BCUT2D eigenvalue weighted by Gasteiger charge is 2.22. The molecule has 31 heavy (non-hydrogen) atoms. The van der Waals surface area contributed by atoms with Crippen molar-refractivity contribution in [2.24, 2.45) is 5.92 Å². The highest BCUT2D eigenvalue weighted by Crippen LogP contribution is 2.31. The highest BCUT2D eigenvalue weighted by atomic mass is 35.5. The summed E-state index contributed by atoms with van der Waals surface area (Å²) in [5.74, 6) is 0.786. The molecule has 1 aliphatic carbocycles. The van der Waals surface area contributed by atoms with Crippen LogP contribution in [0.4, 0.5) is 11.4 Å². The van der Waals surface area contributed by atoms with Crippen molar-refractivity contribution in [2.75, 3.05) is 17.1 Å². The van der Waals surface area contributed by atoms with Gasteiger partial charge in [-0.1, -0.05) is 55.8 Å². The molecule has 2 N–H and O–H groups in total. The van der Waals surface area contributed by atoms with E-state index in [2.05, 4.69) is 10.0 Å². The van der Waals surface area contributed by atoms with E-state index in [-0.39, 0.29) is 27.3 Å². The minimum atomic E-state index is -3.98. The van der Waals surface area contributed by atoms with E-state index < -0.39 is 10.0 Å². The van der Waals surface area contributed by atoms with Gasteiger partial charge in [0, 0.05) is 12.1 Å². The summed E-state index contributed by atoms with van der Waals surface area (Å²) in [6.45, 7) is 0. The van der Waals surface area contributed by atoms with Gasteiger partial charge in [-0.3, -0.25) is 9.52 Å². The van der Waals surface area contributed by atoms with E-state index in [9.17, 15) is 13.2 Å². The van der Waals surface area contributed by atoms with Gasteiger partial charge in [-0.2, -0.15) is 0 Å².